The molecule has 0 saturated carbocycles. The van der Waals surface area contributed by atoms with Gasteiger partial charge in [0.15, 0.2) is 0 Å². The van der Waals surface area contributed by atoms with E-state index in [0.29, 0.717) is 0 Å². The van der Waals surface area contributed by atoms with E-state index in [4.69, 9.17) is 0 Å². The third-order valence-corrected chi connectivity index (χ3v) is 4.98. The van der Waals surface area contributed by atoms with Crippen LogP contribution in [0.25, 0.3) is 22.1 Å². The first-order chi connectivity index (χ1) is 16.0. The van der Waals surface area contributed by atoms with Gasteiger partial charge >= 0.3 is 12.4 Å². The van der Waals surface area contributed by atoms with Gasteiger partial charge in [-0.25, -0.2) is 9.97 Å². The monoisotopic (exact) mass is 480 g/mol. The molecule has 0 N–H and O–H groups in total. The van der Waals surface area contributed by atoms with E-state index < -0.39 is 34.9 Å². The lowest BCUT2D eigenvalue weighted by Crippen LogP contribution is -2.31. The molecule has 4 rings (SSSR count). The van der Waals surface area contributed by atoms with E-state index in [2.05, 4.69) is 9.97 Å². The van der Waals surface area contributed by atoms with Gasteiger partial charge in [-0.1, -0.05) is 36.4 Å². The number of halogens is 6. The van der Waals surface area contributed by atoms with Gasteiger partial charge in [-0.15, -0.1) is 0 Å². The van der Waals surface area contributed by atoms with E-state index in [1.165, 1.54) is 60.7 Å². The fraction of sp³-hybridized carbons (Fsp3) is 0.182. The Kier molecular flexibility index (Phi) is 5.75. The molecule has 0 atom stereocenters. The Labute approximate surface area is 186 Å². The second kappa shape index (κ2) is 8.43. The van der Waals surface area contributed by atoms with Crippen LogP contribution in [0, 0.1) is 0 Å². The number of rotatable bonds is 4. The molecule has 0 amide bonds. The van der Waals surface area contributed by atoms with E-state index in [-0.39, 0.29) is 35.2 Å². The minimum atomic E-state index is -4.97. The minimum absolute atomic E-state index is 0.0472. The summed E-state index contributed by atoms with van der Waals surface area (Å²) in [6.45, 7) is -0.649. The Balaban J connectivity index is 1.73. The molecule has 0 saturated heterocycles. The third-order valence-electron chi connectivity index (χ3n) is 4.98. The summed E-state index contributed by atoms with van der Waals surface area (Å²) in [7, 11) is 0. The summed E-state index contributed by atoms with van der Waals surface area (Å²) in [6, 6.07) is 11.5. The maximum atomic E-state index is 13.3. The average molecular weight is 480 g/mol. The summed E-state index contributed by atoms with van der Waals surface area (Å²) in [5, 5.41) is 0. The van der Waals surface area contributed by atoms with E-state index in [1.54, 1.807) is 0 Å². The number of fused-ring (bicyclic) bond motifs is 2. The van der Waals surface area contributed by atoms with Crippen molar-refractivity contribution in [2.45, 2.75) is 25.4 Å². The summed E-state index contributed by atoms with van der Waals surface area (Å²) in [4.78, 5) is 31.7. The van der Waals surface area contributed by atoms with Crippen molar-refractivity contribution >= 4 is 22.1 Å². The number of alkyl halides is 6. The van der Waals surface area contributed by atoms with Crippen molar-refractivity contribution < 1.29 is 26.3 Å². The van der Waals surface area contributed by atoms with Gasteiger partial charge in [0, 0.05) is 13.1 Å². The predicted octanol–water partition coefficient (Wildman–Crippen LogP) is 4.40. The highest BCUT2D eigenvalue weighted by Crippen LogP contribution is 2.27. The first-order valence-corrected chi connectivity index (χ1v) is 9.77. The second-order valence-corrected chi connectivity index (χ2v) is 7.20. The molecule has 2 heterocycles. The zero-order chi connectivity index (χ0) is 24.7. The molecule has 4 aromatic rings. The van der Waals surface area contributed by atoms with E-state index in [0.717, 1.165) is 9.13 Å². The Morgan fingerprint density at radius 3 is 1.35 bits per heavy atom. The van der Waals surface area contributed by atoms with Gasteiger partial charge in [0.2, 0.25) is 11.4 Å². The van der Waals surface area contributed by atoms with E-state index >= 15 is 0 Å². The standard InChI is InChI=1S/C22H14F6N4O2/c23-21(24,25)17-19(33)31(15-9-3-1-7-13(15)29-17)11-5-6-12-32-16-10-4-2-8-14(16)30-18(20(32)34)22(26,27)28/h1-10H,11-12H2/b6-5+. The lowest BCUT2D eigenvalue weighted by atomic mass is 10.2. The largest absolute Gasteiger partial charge is 0.438 e. The highest BCUT2D eigenvalue weighted by atomic mass is 19.4. The van der Waals surface area contributed by atoms with Gasteiger partial charge in [-0.2, -0.15) is 26.3 Å². The molecule has 2 aromatic heterocycles. The number of benzene rings is 2. The average Bonchev–Trinajstić information content (AvgIpc) is 2.77. The summed E-state index contributed by atoms with van der Waals surface area (Å²) in [5.74, 6) is 0. The van der Waals surface area contributed by atoms with Crippen LogP contribution in [0.2, 0.25) is 0 Å². The van der Waals surface area contributed by atoms with E-state index in [9.17, 15) is 35.9 Å². The molecule has 0 aliphatic rings. The van der Waals surface area contributed by atoms with Crippen molar-refractivity contribution in [3.63, 3.8) is 0 Å². The molecule has 0 aliphatic heterocycles. The maximum Gasteiger partial charge on any atom is 0.438 e. The topological polar surface area (TPSA) is 69.8 Å². The van der Waals surface area contributed by atoms with Crippen LogP contribution in [0.15, 0.2) is 70.3 Å². The Bertz CT molecular complexity index is 1420. The number of aromatic nitrogens is 4. The second-order valence-electron chi connectivity index (χ2n) is 7.20. The Morgan fingerprint density at radius 2 is 1.00 bits per heavy atom. The van der Waals surface area contributed by atoms with Crippen molar-refractivity contribution in [3.05, 3.63) is 92.8 Å². The normalized spacial score (nSPS) is 12.8. The molecular formula is C22H14F6N4O2. The Hall–Kier alpha value is -3.96. The van der Waals surface area contributed by atoms with Gasteiger partial charge < -0.3 is 9.13 Å². The SMILES string of the molecule is O=c1c(C(F)(F)F)nc2ccccc2n1C/C=C/Cn1c(=O)c(C(F)(F)F)nc2ccccc21. The number of nitrogens with zero attached hydrogens (tertiary/aromatic N) is 4. The van der Waals surface area contributed by atoms with Crippen LogP contribution < -0.4 is 11.1 Å². The summed E-state index contributed by atoms with van der Waals surface area (Å²) >= 11 is 0. The van der Waals surface area contributed by atoms with Gasteiger partial charge in [0.05, 0.1) is 22.1 Å². The molecular weight excluding hydrogens is 466 g/mol. The van der Waals surface area contributed by atoms with Gasteiger partial charge in [-0.3, -0.25) is 9.59 Å². The maximum absolute atomic E-state index is 13.3. The molecule has 0 radical (unpaired) electrons. The minimum Gasteiger partial charge on any atom is -0.301 e. The summed E-state index contributed by atoms with van der Waals surface area (Å²) < 4.78 is 81.3. The van der Waals surface area contributed by atoms with E-state index in [1.807, 2.05) is 0 Å². The molecule has 6 nitrogen and oxygen atoms in total. The molecule has 176 valence electrons. The van der Waals surface area contributed by atoms with Crippen molar-refractivity contribution in [2.24, 2.45) is 0 Å². The Morgan fingerprint density at radius 1 is 0.647 bits per heavy atom. The lowest BCUT2D eigenvalue weighted by Gasteiger charge is -2.13. The van der Waals surface area contributed by atoms with Crippen LogP contribution in [0.3, 0.4) is 0 Å². The molecule has 34 heavy (non-hydrogen) atoms. The van der Waals surface area contributed by atoms with Gasteiger partial charge in [-0.05, 0) is 24.3 Å². The quantitative estimate of drug-likeness (QED) is 0.321. The van der Waals surface area contributed by atoms with Crippen LogP contribution in [0.1, 0.15) is 11.4 Å². The zero-order valence-corrected chi connectivity index (χ0v) is 17.1. The predicted molar refractivity (Wildman–Crippen MR) is 111 cm³/mol. The van der Waals surface area contributed by atoms with Crippen molar-refractivity contribution in [1.82, 2.24) is 19.1 Å². The number of hydrogen-bond donors (Lipinski definition) is 0. The van der Waals surface area contributed by atoms with Crippen LogP contribution >= 0.6 is 0 Å². The molecule has 0 bridgehead atoms. The summed E-state index contributed by atoms with van der Waals surface area (Å²) in [6.07, 6.45) is -7.35. The smallest absolute Gasteiger partial charge is 0.301 e. The number of para-hydroxylation sites is 4. The summed E-state index contributed by atoms with van der Waals surface area (Å²) in [5.41, 5.74) is -5.67. The highest BCUT2D eigenvalue weighted by Gasteiger charge is 2.38. The first kappa shape index (κ1) is 23.2. The fourth-order valence-corrected chi connectivity index (χ4v) is 3.48. The molecule has 0 unspecified atom stereocenters. The van der Waals surface area contributed by atoms with Crippen LogP contribution in [-0.2, 0) is 25.4 Å². The highest BCUT2D eigenvalue weighted by molar-refractivity contribution is 5.75. The van der Waals surface area contributed by atoms with Gasteiger partial charge in [0.25, 0.3) is 11.1 Å². The fourth-order valence-electron chi connectivity index (χ4n) is 3.48. The van der Waals surface area contributed by atoms with Crippen molar-refractivity contribution in [2.75, 3.05) is 0 Å². The molecule has 0 fully saturated rings. The molecule has 0 spiro atoms. The van der Waals surface area contributed by atoms with Crippen LogP contribution in [-0.4, -0.2) is 19.1 Å². The van der Waals surface area contributed by atoms with Crippen LogP contribution in [0.5, 0.6) is 0 Å². The number of allylic oxidation sites excluding steroid dienone is 2. The zero-order valence-electron chi connectivity index (χ0n) is 17.1. The number of hydrogen-bond acceptors (Lipinski definition) is 4. The first-order valence-electron chi connectivity index (χ1n) is 9.77. The molecule has 0 aliphatic carbocycles. The lowest BCUT2D eigenvalue weighted by molar-refractivity contribution is -0.143. The van der Waals surface area contributed by atoms with Gasteiger partial charge in [0.1, 0.15) is 0 Å². The van der Waals surface area contributed by atoms with Crippen molar-refractivity contribution in [3.8, 4) is 0 Å². The third kappa shape index (κ3) is 4.30. The van der Waals surface area contributed by atoms with Crippen LogP contribution in [0.4, 0.5) is 26.3 Å². The van der Waals surface area contributed by atoms with Crippen molar-refractivity contribution in [1.29, 1.82) is 0 Å². The molecule has 12 heteroatoms. The molecule has 2 aromatic carbocycles.